The molecule has 1 saturated carbocycles. The lowest BCUT2D eigenvalue weighted by Gasteiger charge is -2.16. The maximum Gasteiger partial charge on any atom is 0.243 e. The molecule has 0 spiro atoms. The van der Waals surface area contributed by atoms with Crippen LogP contribution in [0.5, 0.6) is 0 Å². The van der Waals surface area contributed by atoms with E-state index in [0.29, 0.717) is 5.92 Å². The van der Waals surface area contributed by atoms with Crippen molar-refractivity contribution in [3.63, 3.8) is 0 Å². The first-order valence-corrected chi connectivity index (χ1v) is 8.33. The van der Waals surface area contributed by atoms with Crippen LogP contribution in [0.1, 0.15) is 39.0 Å². The SMILES string of the molecule is CC1CCCC(NS(=O)(=O)c2cnc(Cl)nc2)CC1. The van der Waals surface area contributed by atoms with E-state index in [2.05, 4.69) is 21.6 Å². The lowest BCUT2D eigenvalue weighted by Crippen LogP contribution is -2.34. The van der Waals surface area contributed by atoms with Crippen molar-refractivity contribution in [1.29, 1.82) is 0 Å². The van der Waals surface area contributed by atoms with Crippen LogP contribution in [0.15, 0.2) is 17.3 Å². The van der Waals surface area contributed by atoms with E-state index >= 15 is 0 Å². The molecular formula is C12H18ClN3O2S. The van der Waals surface area contributed by atoms with E-state index in [9.17, 15) is 8.42 Å². The minimum Gasteiger partial charge on any atom is -0.225 e. The van der Waals surface area contributed by atoms with Gasteiger partial charge in [-0.15, -0.1) is 0 Å². The molecule has 0 saturated heterocycles. The average molecular weight is 304 g/mol. The summed E-state index contributed by atoms with van der Waals surface area (Å²) in [6.07, 6.45) is 7.53. The van der Waals surface area contributed by atoms with Gasteiger partial charge in [0.15, 0.2) is 0 Å². The molecule has 5 nitrogen and oxygen atoms in total. The van der Waals surface area contributed by atoms with E-state index in [1.54, 1.807) is 0 Å². The normalized spacial score (nSPS) is 24.9. The summed E-state index contributed by atoms with van der Waals surface area (Å²) in [5.41, 5.74) is 0. The Balaban J connectivity index is 2.06. The van der Waals surface area contributed by atoms with Gasteiger partial charge in [-0.25, -0.2) is 23.1 Å². The number of halogens is 1. The molecule has 2 atom stereocenters. The van der Waals surface area contributed by atoms with Gasteiger partial charge in [0.25, 0.3) is 0 Å². The monoisotopic (exact) mass is 303 g/mol. The van der Waals surface area contributed by atoms with Gasteiger partial charge in [0.1, 0.15) is 4.90 Å². The lowest BCUT2D eigenvalue weighted by molar-refractivity contribution is 0.484. The summed E-state index contributed by atoms with van der Waals surface area (Å²) in [7, 11) is -3.54. The molecule has 7 heteroatoms. The molecule has 0 aromatic carbocycles. The first-order chi connectivity index (χ1) is 8.97. The Morgan fingerprint density at radius 1 is 1.21 bits per heavy atom. The smallest absolute Gasteiger partial charge is 0.225 e. The fourth-order valence-corrected chi connectivity index (χ4v) is 3.62. The van der Waals surface area contributed by atoms with Crippen molar-refractivity contribution in [2.45, 2.75) is 50.0 Å². The molecule has 1 aliphatic rings. The van der Waals surface area contributed by atoms with Crippen molar-refractivity contribution in [2.75, 3.05) is 0 Å². The fraction of sp³-hybridized carbons (Fsp3) is 0.667. The average Bonchev–Trinajstić information content (AvgIpc) is 2.54. The summed E-state index contributed by atoms with van der Waals surface area (Å²) < 4.78 is 27.1. The van der Waals surface area contributed by atoms with E-state index in [4.69, 9.17) is 11.6 Å². The van der Waals surface area contributed by atoms with Gasteiger partial charge in [-0.2, -0.15) is 0 Å². The van der Waals surface area contributed by atoms with Crippen molar-refractivity contribution in [1.82, 2.24) is 14.7 Å². The first kappa shape index (κ1) is 14.7. The zero-order chi connectivity index (χ0) is 13.9. The van der Waals surface area contributed by atoms with Crippen molar-refractivity contribution < 1.29 is 8.42 Å². The second-order valence-corrected chi connectivity index (χ2v) is 7.17. The predicted molar refractivity (Wildman–Crippen MR) is 73.4 cm³/mol. The summed E-state index contributed by atoms with van der Waals surface area (Å²) in [5, 5.41) is 0.0437. The first-order valence-electron chi connectivity index (χ1n) is 6.47. The molecule has 1 aromatic rings. The van der Waals surface area contributed by atoms with Gasteiger partial charge in [-0.05, 0) is 36.8 Å². The summed E-state index contributed by atoms with van der Waals surface area (Å²) in [4.78, 5) is 7.47. The highest BCUT2D eigenvalue weighted by atomic mass is 35.5. The Labute approximate surface area is 118 Å². The van der Waals surface area contributed by atoms with Gasteiger partial charge >= 0.3 is 0 Å². The summed E-state index contributed by atoms with van der Waals surface area (Å²) in [5.74, 6) is 0.674. The lowest BCUT2D eigenvalue weighted by atomic mass is 10.0. The van der Waals surface area contributed by atoms with Crippen LogP contribution in [0.3, 0.4) is 0 Å². The largest absolute Gasteiger partial charge is 0.243 e. The second kappa shape index (κ2) is 6.15. The Morgan fingerprint density at radius 3 is 2.58 bits per heavy atom. The molecule has 1 fully saturated rings. The zero-order valence-corrected chi connectivity index (χ0v) is 12.4. The van der Waals surface area contributed by atoms with Crippen LogP contribution >= 0.6 is 11.6 Å². The van der Waals surface area contributed by atoms with Gasteiger partial charge in [0, 0.05) is 6.04 Å². The third kappa shape index (κ3) is 4.12. The molecule has 0 radical (unpaired) electrons. The minimum absolute atomic E-state index is 0.00521. The highest BCUT2D eigenvalue weighted by molar-refractivity contribution is 7.89. The summed E-state index contributed by atoms with van der Waals surface area (Å²) in [6, 6.07) is 0.00521. The van der Waals surface area contributed by atoms with Crippen molar-refractivity contribution in [3.8, 4) is 0 Å². The van der Waals surface area contributed by atoms with Crippen LogP contribution in [-0.4, -0.2) is 24.4 Å². The highest BCUT2D eigenvalue weighted by Gasteiger charge is 2.23. The number of nitrogens with zero attached hydrogens (tertiary/aromatic N) is 2. The highest BCUT2D eigenvalue weighted by Crippen LogP contribution is 2.23. The van der Waals surface area contributed by atoms with Crippen molar-refractivity contribution in [3.05, 3.63) is 17.7 Å². The van der Waals surface area contributed by atoms with Gasteiger partial charge in [0.2, 0.25) is 15.3 Å². The Morgan fingerprint density at radius 2 is 1.89 bits per heavy atom. The number of aromatic nitrogens is 2. The van der Waals surface area contributed by atoms with Gasteiger partial charge in [-0.3, -0.25) is 0 Å². The topological polar surface area (TPSA) is 72.0 Å². The molecule has 2 unspecified atom stereocenters. The number of hydrogen-bond acceptors (Lipinski definition) is 4. The third-order valence-electron chi connectivity index (χ3n) is 3.49. The zero-order valence-electron chi connectivity index (χ0n) is 10.8. The maximum atomic E-state index is 12.2. The molecule has 0 amide bonds. The van der Waals surface area contributed by atoms with Gasteiger partial charge < -0.3 is 0 Å². The van der Waals surface area contributed by atoms with Crippen LogP contribution in [0, 0.1) is 5.92 Å². The number of nitrogens with one attached hydrogen (secondary N) is 1. The quantitative estimate of drug-likeness (QED) is 0.687. The summed E-state index contributed by atoms with van der Waals surface area (Å²) >= 11 is 5.55. The molecule has 0 aliphatic heterocycles. The van der Waals surface area contributed by atoms with Crippen LogP contribution in [0.25, 0.3) is 0 Å². The number of hydrogen-bond donors (Lipinski definition) is 1. The Kier molecular flexibility index (Phi) is 4.76. The number of sulfonamides is 1. The Hall–Kier alpha value is -0.720. The van der Waals surface area contributed by atoms with E-state index in [1.807, 2.05) is 0 Å². The number of rotatable bonds is 3. The van der Waals surface area contributed by atoms with Gasteiger partial charge in [0.05, 0.1) is 12.4 Å². The standard InChI is InChI=1S/C12H18ClN3O2S/c1-9-3-2-4-10(6-5-9)16-19(17,18)11-7-14-12(13)15-8-11/h7-10,16H,2-6H2,1H3. The van der Waals surface area contributed by atoms with Gasteiger partial charge in [-0.1, -0.05) is 19.8 Å². The van der Waals surface area contributed by atoms with E-state index < -0.39 is 10.0 Å². The predicted octanol–water partition coefficient (Wildman–Crippen LogP) is 2.38. The molecule has 1 aromatic heterocycles. The molecular weight excluding hydrogens is 286 g/mol. The molecule has 1 aliphatic carbocycles. The van der Waals surface area contributed by atoms with Crippen LogP contribution in [0.2, 0.25) is 5.28 Å². The van der Waals surface area contributed by atoms with Crippen LogP contribution < -0.4 is 4.72 Å². The maximum absolute atomic E-state index is 12.2. The van der Waals surface area contributed by atoms with Crippen LogP contribution in [0.4, 0.5) is 0 Å². The van der Waals surface area contributed by atoms with E-state index in [1.165, 1.54) is 18.8 Å². The second-order valence-electron chi connectivity index (χ2n) is 5.12. The molecule has 106 valence electrons. The Bertz CT molecular complexity index is 518. The van der Waals surface area contributed by atoms with Crippen molar-refractivity contribution >= 4 is 21.6 Å². The minimum atomic E-state index is -3.54. The molecule has 1 heterocycles. The molecule has 2 rings (SSSR count). The third-order valence-corrected chi connectivity index (χ3v) is 5.16. The fourth-order valence-electron chi connectivity index (χ4n) is 2.33. The van der Waals surface area contributed by atoms with Crippen molar-refractivity contribution in [2.24, 2.45) is 5.92 Å². The molecule has 1 N–H and O–H groups in total. The van der Waals surface area contributed by atoms with Crippen LogP contribution in [-0.2, 0) is 10.0 Å². The molecule has 0 bridgehead atoms. The van der Waals surface area contributed by atoms with E-state index in [0.717, 1.165) is 25.7 Å². The molecule has 19 heavy (non-hydrogen) atoms. The van der Waals surface area contributed by atoms with E-state index in [-0.39, 0.29) is 16.2 Å². The summed E-state index contributed by atoms with van der Waals surface area (Å²) in [6.45, 7) is 2.21.